The first kappa shape index (κ1) is 12.4. The zero-order valence-corrected chi connectivity index (χ0v) is 10.4. The number of carbonyl (C=O) groups excluding carboxylic acids is 2. The summed E-state index contributed by atoms with van der Waals surface area (Å²) in [6, 6.07) is 4.52. The Balaban J connectivity index is 2.31. The summed E-state index contributed by atoms with van der Waals surface area (Å²) in [6.45, 7) is 4.32. The summed E-state index contributed by atoms with van der Waals surface area (Å²) in [7, 11) is 0. The lowest BCUT2D eigenvalue weighted by atomic mass is 10.1. The SMILES string of the molecule is Cc1cccc(C(=O)N2CCNC(=O)C2C)c1O. The van der Waals surface area contributed by atoms with Crippen molar-refractivity contribution in [3.63, 3.8) is 0 Å². The molecule has 1 fully saturated rings. The van der Waals surface area contributed by atoms with Crippen molar-refractivity contribution >= 4 is 11.8 Å². The fraction of sp³-hybridized carbons (Fsp3) is 0.385. The van der Waals surface area contributed by atoms with Crippen LogP contribution in [0.1, 0.15) is 22.8 Å². The first-order valence-electron chi connectivity index (χ1n) is 5.89. The highest BCUT2D eigenvalue weighted by molar-refractivity contribution is 6.00. The Bertz CT molecular complexity index is 499. The maximum absolute atomic E-state index is 12.3. The molecule has 5 nitrogen and oxygen atoms in total. The molecule has 2 amide bonds. The van der Waals surface area contributed by atoms with E-state index >= 15 is 0 Å². The lowest BCUT2D eigenvalue weighted by molar-refractivity contribution is -0.127. The summed E-state index contributed by atoms with van der Waals surface area (Å²) >= 11 is 0. The summed E-state index contributed by atoms with van der Waals surface area (Å²) in [4.78, 5) is 25.3. The molecule has 0 saturated carbocycles. The Hall–Kier alpha value is -2.04. The zero-order valence-electron chi connectivity index (χ0n) is 10.4. The van der Waals surface area contributed by atoms with Gasteiger partial charge in [0.05, 0.1) is 5.56 Å². The van der Waals surface area contributed by atoms with E-state index in [1.54, 1.807) is 32.0 Å². The highest BCUT2D eigenvalue weighted by Crippen LogP contribution is 2.24. The molecule has 1 aliphatic heterocycles. The number of phenolic OH excluding ortho intramolecular Hbond substituents is 1. The van der Waals surface area contributed by atoms with Gasteiger partial charge < -0.3 is 15.3 Å². The second-order valence-corrected chi connectivity index (χ2v) is 4.44. The van der Waals surface area contributed by atoms with Gasteiger partial charge in [-0.2, -0.15) is 0 Å². The van der Waals surface area contributed by atoms with Crippen molar-refractivity contribution in [3.05, 3.63) is 29.3 Å². The van der Waals surface area contributed by atoms with Gasteiger partial charge in [-0.25, -0.2) is 0 Å². The highest BCUT2D eigenvalue weighted by Gasteiger charge is 2.31. The van der Waals surface area contributed by atoms with Crippen LogP contribution in [0.15, 0.2) is 18.2 Å². The summed E-state index contributed by atoms with van der Waals surface area (Å²) in [6.07, 6.45) is 0. The van der Waals surface area contributed by atoms with Gasteiger partial charge in [0.2, 0.25) is 5.91 Å². The number of piperazine rings is 1. The van der Waals surface area contributed by atoms with E-state index in [1.165, 1.54) is 4.90 Å². The average molecular weight is 248 g/mol. The van der Waals surface area contributed by atoms with Gasteiger partial charge in [0, 0.05) is 13.1 Å². The number of benzene rings is 1. The number of rotatable bonds is 1. The average Bonchev–Trinajstić information content (AvgIpc) is 2.35. The van der Waals surface area contributed by atoms with Crippen LogP contribution >= 0.6 is 0 Å². The third-order valence-electron chi connectivity index (χ3n) is 3.23. The van der Waals surface area contributed by atoms with Crippen LogP contribution < -0.4 is 5.32 Å². The van der Waals surface area contributed by atoms with Crippen molar-refractivity contribution in [2.75, 3.05) is 13.1 Å². The molecule has 0 spiro atoms. The van der Waals surface area contributed by atoms with Crippen molar-refractivity contribution in [2.45, 2.75) is 19.9 Å². The maximum Gasteiger partial charge on any atom is 0.258 e. The molecule has 1 aromatic rings. The van der Waals surface area contributed by atoms with Crippen molar-refractivity contribution in [2.24, 2.45) is 0 Å². The molecule has 96 valence electrons. The van der Waals surface area contributed by atoms with E-state index in [1.807, 2.05) is 0 Å². The first-order chi connectivity index (χ1) is 8.52. The molecule has 1 heterocycles. The van der Waals surface area contributed by atoms with Gasteiger partial charge in [-0.15, -0.1) is 0 Å². The molecule has 1 unspecified atom stereocenters. The summed E-state index contributed by atoms with van der Waals surface area (Å²) in [5, 5.41) is 12.6. The van der Waals surface area contributed by atoms with Crippen LogP contribution in [0.25, 0.3) is 0 Å². The molecule has 18 heavy (non-hydrogen) atoms. The third kappa shape index (κ3) is 2.03. The number of hydrogen-bond acceptors (Lipinski definition) is 3. The minimum absolute atomic E-state index is 0.0133. The zero-order chi connectivity index (χ0) is 13.3. The fourth-order valence-corrected chi connectivity index (χ4v) is 2.05. The van der Waals surface area contributed by atoms with Crippen LogP contribution in [0.5, 0.6) is 5.75 Å². The largest absolute Gasteiger partial charge is 0.507 e. The van der Waals surface area contributed by atoms with E-state index in [-0.39, 0.29) is 23.1 Å². The third-order valence-corrected chi connectivity index (χ3v) is 3.23. The monoisotopic (exact) mass is 248 g/mol. The molecule has 1 saturated heterocycles. The quantitative estimate of drug-likeness (QED) is 0.767. The van der Waals surface area contributed by atoms with E-state index in [2.05, 4.69) is 5.32 Å². The van der Waals surface area contributed by atoms with Crippen molar-refractivity contribution in [3.8, 4) is 5.75 Å². The minimum atomic E-state index is -0.508. The number of para-hydroxylation sites is 1. The second-order valence-electron chi connectivity index (χ2n) is 4.44. The minimum Gasteiger partial charge on any atom is -0.507 e. The maximum atomic E-state index is 12.3. The Morgan fingerprint density at radius 3 is 2.94 bits per heavy atom. The molecule has 1 aliphatic rings. The fourth-order valence-electron chi connectivity index (χ4n) is 2.05. The molecular weight excluding hydrogens is 232 g/mol. The van der Waals surface area contributed by atoms with Crippen LogP contribution in [0.3, 0.4) is 0 Å². The smallest absolute Gasteiger partial charge is 0.258 e. The molecule has 2 N–H and O–H groups in total. The number of amides is 2. The molecule has 0 radical (unpaired) electrons. The Morgan fingerprint density at radius 1 is 1.50 bits per heavy atom. The molecule has 2 rings (SSSR count). The summed E-state index contributed by atoms with van der Waals surface area (Å²) in [5.74, 6) is -0.485. The normalized spacial score (nSPS) is 19.6. The van der Waals surface area contributed by atoms with Crippen LogP contribution in [-0.2, 0) is 4.79 Å². The van der Waals surface area contributed by atoms with Gasteiger partial charge in [0.15, 0.2) is 0 Å². The van der Waals surface area contributed by atoms with Crippen molar-refractivity contribution < 1.29 is 14.7 Å². The molecule has 5 heteroatoms. The van der Waals surface area contributed by atoms with E-state index in [0.717, 1.165) is 0 Å². The predicted molar refractivity (Wildman–Crippen MR) is 66.4 cm³/mol. The standard InChI is InChI=1S/C13H16N2O3/c1-8-4-3-5-10(11(8)16)13(18)15-7-6-14-12(17)9(15)2/h3-5,9,16H,6-7H2,1-2H3,(H,14,17). The van der Waals surface area contributed by atoms with Crippen LogP contribution in [0.4, 0.5) is 0 Å². The molecule has 0 aromatic heterocycles. The van der Waals surface area contributed by atoms with Gasteiger partial charge >= 0.3 is 0 Å². The predicted octanol–water partition coefficient (Wildman–Crippen LogP) is 0.661. The lowest BCUT2D eigenvalue weighted by Crippen LogP contribution is -2.55. The number of phenols is 1. The number of aryl methyl sites for hydroxylation is 1. The Morgan fingerprint density at radius 2 is 2.22 bits per heavy atom. The van der Waals surface area contributed by atoms with E-state index in [0.29, 0.717) is 18.7 Å². The van der Waals surface area contributed by atoms with Crippen LogP contribution in [0.2, 0.25) is 0 Å². The van der Waals surface area contributed by atoms with Gasteiger partial charge in [0.1, 0.15) is 11.8 Å². The number of hydrogen-bond donors (Lipinski definition) is 2. The van der Waals surface area contributed by atoms with Gasteiger partial charge in [-0.1, -0.05) is 12.1 Å². The van der Waals surface area contributed by atoms with E-state index in [4.69, 9.17) is 0 Å². The van der Waals surface area contributed by atoms with Gasteiger partial charge in [-0.3, -0.25) is 9.59 Å². The Labute approximate surface area is 105 Å². The first-order valence-corrected chi connectivity index (χ1v) is 5.89. The van der Waals surface area contributed by atoms with Gasteiger partial charge in [-0.05, 0) is 25.5 Å². The lowest BCUT2D eigenvalue weighted by Gasteiger charge is -2.33. The molecule has 1 atom stereocenters. The second kappa shape index (κ2) is 4.68. The number of carbonyl (C=O) groups is 2. The van der Waals surface area contributed by atoms with Crippen LogP contribution in [-0.4, -0.2) is 41.0 Å². The number of nitrogens with one attached hydrogen (secondary N) is 1. The topological polar surface area (TPSA) is 69.6 Å². The van der Waals surface area contributed by atoms with Crippen molar-refractivity contribution in [1.29, 1.82) is 0 Å². The number of aromatic hydroxyl groups is 1. The molecule has 1 aromatic carbocycles. The highest BCUT2D eigenvalue weighted by atomic mass is 16.3. The summed E-state index contributed by atoms with van der Waals surface area (Å²) < 4.78 is 0. The molecule has 0 aliphatic carbocycles. The Kier molecular flexibility index (Phi) is 3.23. The molecule has 0 bridgehead atoms. The van der Waals surface area contributed by atoms with E-state index < -0.39 is 6.04 Å². The van der Waals surface area contributed by atoms with Crippen molar-refractivity contribution in [1.82, 2.24) is 10.2 Å². The summed E-state index contributed by atoms with van der Waals surface area (Å²) in [5.41, 5.74) is 0.895. The molecular formula is C13H16N2O3. The van der Waals surface area contributed by atoms with Crippen LogP contribution in [0, 0.1) is 6.92 Å². The van der Waals surface area contributed by atoms with E-state index in [9.17, 15) is 14.7 Å². The number of nitrogens with zero attached hydrogens (tertiary/aromatic N) is 1. The van der Waals surface area contributed by atoms with Gasteiger partial charge in [0.25, 0.3) is 5.91 Å².